The molecule has 2 atom stereocenters. The lowest BCUT2D eigenvalue weighted by Crippen LogP contribution is -2.27. The van der Waals surface area contributed by atoms with Gasteiger partial charge in [0.2, 0.25) is 0 Å². The zero-order valence-electron chi connectivity index (χ0n) is 8.78. The molecule has 14 heavy (non-hydrogen) atoms. The maximum Gasteiger partial charge on any atom is 0.338 e. The largest absolute Gasteiger partial charge is 0.338 e. The van der Waals surface area contributed by atoms with Gasteiger partial charge in [-0.3, -0.25) is 9.01 Å². The number of hydrogen-bond acceptors (Lipinski definition) is 3. The molecule has 0 aromatic rings. The van der Waals surface area contributed by atoms with E-state index in [1.165, 1.54) is 19.3 Å². The summed E-state index contributed by atoms with van der Waals surface area (Å²) in [5.74, 6) is 1.12. The Morgan fingerprint density at radius 2 is 2.29 bits per heavy atom. The average molecular weight is 218 g/mol. The maximum atomic E-state index is 10.9. The van der Waals surface area contributed by atoms with Crippen LogP contribution in [0.2, 0.25) is 0 Å². The van der Waals surface area contributed by atoms with Crippen molar-refractivity contribution in [1.82, 2.24) is 4.72 Å². The molecular formula is C9H18N2O2S. The summed E-state index contributed by atoms with van der Waals surface area (Å²) in [6, 6.07) is 0. The molecule has 2 unspecified atom stereocenters. The lowest BCUT2D eigenvalue weighted by molar-refractivity contribution is 0.381. The van der Waals surface area contributed by atoms with Crippen LogP contribution < -0.4 is 4.72 Å². The minimum absolute atomic E-state index is 0.369. The van der Waals surface area contributed by atoms with E-state index < -0.39 is 11.3 Å². The summed E-state index contributed by atoms with van der Waals surface area (Å²) in [5, 5.41) is 3.77. The second-order valence-corrected chi connectivity index (χ2v) is 4.31. The summed E-state index contributed by atoms with van der Waals surface area (Å²) in [5.41, 5.74) is 0. The Morgan fingerprint density at radius 1 is 1.50 bits per heavy atom. The molecule has 1 rings (SSSR count). The van der Waals surface area contributed by atoms with Gasteiger partial charge in [0, 0.05) is 5.92 Å². The fourth-order valence-corrected chi connectivity index (χ4v) is 2.09. The topological polar surface area (TPSA) is 50.7 Å². The summed E-state index contributed by atoms with van der Waals surface area (Å²) in [6.45, 7) is 4.30. The van der Waals surface area contributed by atoms with Gasteiger partial charge in [-0.1, -0.05) is 38.3 Å². The molecule has 0 aromatic carbocycles. The Labute approximate surface area is 87.9 Å². The Morgan fingerprint density at radius 3 is 2.79 bits per heavy atom. The number of unbranched alkanes of at least 4 members (excludes halogenated alkanes) is 2. The second kappa shape index (κ2) is 6.01. The first-order valence-electron chi connectivity index (χ1n) is 5.21. The summed E-state index contributed by atoms with van der Waals surface area (Å²) >= 11 is -1.44. The molecule has 0 fully saturated rings. The number of rotatable bonds is 6. The summed E-state index contributed by atoms with van der Waals surface area (Å²) in [6.07, 6.45) is 5.77. The van der Waals surface area contributed by atoms with Gasteiger partial charge in [0.05, 0.1) is 0 Å². The minimum atomic E-state index is -1.44. The van der Waals surface area contributed by atoms with Gasteiger partial charge in [-0.15, -0.1) is 0 Å². The van der Waals surface area contributed by atoms with E-state index in [1.807, 2.05) is 0 Å². The molecular weight excluding hydrogens is 200 g/mol. The minimum Gasteiger partial charge on any atom is -0.269 e. The fourth-order valence-electron chi connectivity index (χ4n) is 1.53. The van der Waals surface area contributed by atoms with Crippen LogP contribution in [0.15, 0.2) is 5.16 Å². The third-order valence-corrected chi connectivity index (χ3v) is 3.01. The molecule has 0 aromatic heterocycles. The first-order valence-corrected chi connectivity index (χ1v) is 6.29. The van der Waals surface area contributed by atoms with E-state index in [0.29, 0.717) is 5.92 Å². The molecule has 1 aliphatic rings. The van der Waals surface area contributed by atoms with Crippen LogP contribution in [0.5, 0.6) is 0 Å². The van der Waals surface area contributed by atoms with Crippen LogP contribution in [0, 0.1) is 5.92 Å². The van der Waals surface area contributed by atoms with Crippen LogP contribution in [0.25, 0.3) is 0 Å². The number of nitrogens with zero attached hydrogens (tertiary/aromatic N) is 1. The van der Waals surface area contributed by atoms with Crippen molar-refractivity contribution in [2.45, 2.75) is 46.0 Å². The lowest BCUT2D eigenvalue weighted by Gasteiger charge is -2.11. The molecule has 1 heterocycles. The van der Waals surface area contributed by atoms with Gasteiger partial charge in [-0.2, -0.15) is 4.21 Å². The summed E-state index contributed by atoms with van der Waals surface area (Å²) < 4.78 is 18.2. The van der Waals surface area contributed by atoms with Gasteiger partial charge in [0.15, 0.2) is 5.84 Å². The highest BCUT2D eigenvalue weighted by molar-refractivity contribution is 7.79. The SMILES string of the molecule is CCCCCC(CC)C1=NOS(=O)N1. The van der Waals surface area contributed by atoms with Crippen LogP contribution in [0.3, 0.4) is 0 Å². The Hall–Kier alpha value is -0.580. The summed E-state index contributed by atoms with van der Waals surface area (Å²) in [7, 11) is 0. The third-order valence-electron chi connectivity index (χ3n) is 2.43. The second-order valence-electron chi connectivity index (χ2n) is 3.49. The van der Waals surface area contributed by atoms with Gasteiger partial charge < -0.3 is 0 Å². The number of hydrogen-bond donors (Lipinski definition) is 1. The first kappa shape index (κ1) is 11.5. The van der Waals surface area contributed by atoms with E-state index in [-0.39, 0.29) is 0 Å². The van der Waals surface area contributed by atoms with Crippen LogP contribution in [-0.4, -0.2) is 10.0 Å². The van der Waals surface area contributed by atoms with Crippen LogP contribution in [0.1, 0.15) is 46.0 Å². The maximum absolute atomic E-state index is 10.9. The summed E-state index contributed by atoms with van der Waals surface area (Å²) in [4.78, 5) is 0. The average Bonchev–Trinajstić information content (AvgIpc) is 2.60. The molecule has 82 valence electrons. The van der Waals surface area contributed by atoms with Crippen molar-refractivity contribution in [1.29, 1.82) is 0 Å². The number of nitrogens with one attached hydrogen (secondary N) is 1. The van der Waals surface area contributed by atoms with Crippen molar-refractivity contribution in [3.8, 4) is 0 Å². The van der Waals surface area contributed by atoms with Gasteiger partial charge in [0.25, 0.3) is 0 Å². The van der Waals surface area contributed by atoms with Crippen LogP contribution in [-0.2, 0) is 15.6 Å². The molecule has 4 nitrogen and oxygen atoms in total. The number of amidine groups is 1. The molecule has 0 aliphatic carbocycles. The molecule has 0 amide bonds. The number of oxime groups is 1. The third kappa shape index (κ3) is 3.29. The van der Waals surface area contributed by atoms with Crippen molar-refractivity contribution >= 4 is 17.1 Å². The van der Waals surface area contributed by atoms with Crippen molar-refractivity contribution in [2.75, 3.05) is 0 Å². The normalized spacial score (nSPS) is 22.4. The monoisotopic (exact) mass is 218 g/mol. The molecule has 1 N–H and O–H groups in total. The molecule has 0 saturated heterocycles. The van der Waals surface area contributed by atoms with Crippen molar-refractivity contribution in [2.24, 2.45) is 11.1 Å². The predicted octanol–water partition coefficient (Wildman–Crippen LogP) is 2.10. The first-order chi connectivity index (χ1) is 6.77. The Balaban J connectivity index is 2.34. The van der Waals surface area contributed by atoms with Crippen molar-refractivity contribution < 1.29 is 8.49 Å². The molecule has 0 bridgehead atoms. The van der Waals surface area contributed by atoms with Crippen molar-refractivity contribution in [3.05, 3.63) is 0 Å². The van der Waals surface area contributed by atoms with E-state index in [4.69, 9.17) is 0 Å². The Kier molecular flexibility index (Phi) is 4.93. The highest BCUT2D eigenvalue weighted by Crippen LogP contribution is 2.17. The van der Waals surface area contributed by atoms with E-state index in [9.17, 15) is 4.21 Å². The van der Waals surface area contributed by atoms with E-state index >= 15 is 0 Å². The van der Waals surface area contributed by atoms with Gasteiger partial charge in [-0.25, -0.2) is 0 Å². The highest BCUT2D eigenvalue weighted by atomic mass is 32.2. The van der Waals surface area contributed by atoms with E-state index in [1.54, 1.807) is 0 Å². The highest BCUT2D eigenvalue weighted by Gasteiger charge is 2.22. The van der Waals surface area contributed by atoms with Gasteiger partial charge in [0.1, 0.15) is 0 Å². The Bertz CT molecular complexity index is 231. The van der Waals surface area contributed by atoms with E-state index in [2.05, 4.69) is 28.0 Å². The molecule has 0 saturated carbocycles. The smallest absolute Gasteiger partial charge is 0.269 e. The zero-order chi connectivity index (χ0) is 10.4. The fraction of sp³-hybridized carbons (Fsp3) is 0.889. The van der Waals surface area contributed by atoms with Gasteiger partial charge in [-0.05, 0) is 12.8 Å². The molecule has 0 radical (unpaired) electrons. The molecule has 1 aliphatic heterocycles. The quantitative estimate of drug-likeness (QED) is 0.694. The van der Waals surface area contributed by atoms with E-state index in [0.717, 1.165) is 18.7 Å². The lowest BCUT2D eigenvalue weighted by atomic mass is 9.98. The van der Waals surface area contributed by atoms with Crippen LogP contribution in [0.4, 0.5) is 0 Å². The molecule has 0 spiro atoms. The predicted molar refractivity (Wildman–Crippen MR) is 57.7 cm³/mol. The van der Waals surface area contributed by atoms with Crippen molar-refractivity contribution in [3.63, 3.8) is 0 Å². The standard InChI is InChI=1S/C9H18N2O2S/c1-3-5-6-7-8(4-2)9-10-13-14(12)11-9/h8H,3-7H2,1-2H3,(H,10,11). The van der Waals surface area contributed by atoms with Gasteiger partial charge >= 0.3 is 11.3 Å². The molecule has 5 heteroatoms. The zero-order valence-corrected chi connectivity index (χ0v) is 9.60. The van der Waals surface area contributed by atoms with Crippen LogP contribution >= 0.6 is 0 Å².